The highest BCUT2D eigenvalue weighted by Crippen LogP contribution is 2.48. The summed E-state index contributed by atoms with van der Waals surface area (Å²) in [7, 11) is 0. The van der Waals surface area contributed by atoms with Crippen LogP contribution in [0.5, 0.6) is 0 Å². The number of ether oxygens (including phenoxy) is 3. The van der Waals surface area contributed by atoms with Crippen molar-refractivity contribution in [2.24, 2.45) is 5.92 Å². The molecule has 1 unspecified atom stereocenters. The fourth-order valence-corrected chi connectivity index (χ4v) is 2.44. The maximum atomic E-state index is 11.4. The summed E-state index contributed by atoms with van der Waals surface area (Å²) >= 11 is 0. The second kappa shape index (κ2) is 4.59. The maximum Gasteiger partial charge on any atom is 0.333 e. The fraction of sp³-hybridized carbons (Fsp3) is 0.615. The molecule has 0 saturated carbocycles. The minimum Gasteiger partial charge on any atom is -0.459 e. The molecule has 0 amide bonds. The van der Waals surface area contributed by atoms with Gasteiger partial charge in [-0.05, 0) is 13.8 Å². The smallest absolute Gasteiger partial charge is 0.333 e. The zero-order chi connectivity index (χ0) is 15.1. The normalized spacial score (nSPS) is 31.1. The van der Waals surface area contributed by atoms with E-state index in [0.717, 1.165) is 0 Å². The standard InChI is InChI=1S/C13H16O7/c1-7(2)11(16)18-6-12(3,17)13-8(4-9(14)19-13)5-10(15)20-13/h8,17H,1,4-6H2,2-3H3. The van der Waals surface area contributed by atoms with E-state index in [-0.39, 0.29) is 18.4 Å². The van der Waals surface area contributed by atoms with Gasteiger partial charge in [0.05, 0.1) is 18.8 Å². The van der Waals surface area contributed by atoms with Crippen LogP contribution in [0.3, 0.4) is 0 Å². The molecule has 0 radical (unpaired) electrons. The van der Waals surface area contributed by atoms with E-state index in [9.17, 15) is 19.5 Å². The van der Waals surface area contributed by atoms with Crippen molar-refractivity contribution in [1.29, 1.82) is 0 Å². The molecule has 0 aliphatic carbocycles. The topological polar surface area (TPSA) is 99.1 Å². The monoisotopic (exact) mass is 284 g/mol. The highest BCUT2D eigenvalue weighted by Gasteiger charge is 2.68. The van der Waals surface area contributed by atoms with Gasteiger partial charge < -0.3 is 19.3 Å². The van der Waals surface area contributed by atoms with E-state index in [1.807, 2.05) is 0 Å². The Labute approximate surface area is 115 Å². The highest BCUT2D eigenvalue weighted by molar-refractivity contribution is 5.87. The first-order chi connectivity index (χ1) is 9.18. The Bertz CT molecular complexity index is 471. The number of carbonyl (C=O) groups is 3. The number of hydrogen-bond acceptors (Lipinski definition) is 7. The lowest BCUT2D eigenvalue weighted by Crippen LogP contribution is -2.58. The largest absolute Gasteiger partial charge is 0.459 e. The van der Waals surface area contributed by atoms with Crippen LogP contribution in [0.15, 0.2) is 12.2 Å². The number of carbonyl (C=O) groups excluding carboxylic acids is 3. The van der Waals surface area contributed by atoms with Crippen molar-refractivity contribution in [2.45, 2.75) is 38.1 Å². The third-order valence-corrected chi connectivity index (χ3v) is 3.48. The van der Waals surface area contributed by atoms with E-state index in [1.165, 1.54) is 13.8 Å². The SMILES string of the molecule is C=C(C)C(=O)OCC(C)(O)C12OC(=O)CC1CC(=O)O2. The van der Waals surface area contributed by atoms with Crippen LogP contribution in [-0.4, -0.2) is 41.0 Å². The Morgan fingerprint density at radius 2 is 1.95 bits per heavy atom. The Hall–Kier alpha value is -1.89. The molecule has 2 heterocycles. The van der Waals surface area contributed by atoms with Crippen LogP contribution in [0.4, 0.5) is 0 Å². The first-order valence-corrected chi connectivity index (χ1v) is 6.16. The van der Waals surface area contributed by atoms with E-state index in [1.54, 1.807) is 0 Å². The maximum absolute atomic E-state index is 11.4. The molecule has 2 aliphatic heterocycles. The summed E-state index contributed by atoms with van der Waals surface area (Å²) < 4.78 is 15.0. The van der Waals surface area contributed by atoms with Crippen LogP contribution in [0, 0.1) is 5.92 Å². The molecule has 0 aromatic rings. The van der Waals surface area contributed by atoms with Crippen molar-refractivity contribution < 1.29 is 33.7 Å². The number of hydrogen-bond donors (Lipinski definition) is 1. The molecule has 110 valence electrons. The van der Waals surface area contributed by atoms with Gasteiger partial charge in [-0.25, -0.2) is 4.79 Å². The van der Waals surface area contributed by atoms with E-state index in [2.05, 4.69) is 6.58 Å². The second-order valence-corrected chi connectivity index (χ2v) is 5.35. The minimum atomic E-state index is -1.83. The van der Waals surface area contributed by atoms with Crippen LogP contribution in [0.25, 0.3) is 0 Å². The molecule has 0 spiro atoms. The highest BCUT2D eigenvalue weighted by atomic mass is 16.8. The van der Waals surface area contributed by atoms with Crippen molar-refractivity contribution in [3.05, 3.63) is 12.2 Å². The average Bonchev–Trinajstić information content (AvgIpc) is 2.78. The van der Waals surface area contributed by atoms with Crippen molar-refractivity contribution in [3.63, 3.8) is 0 Å². The molecule has 0 bridgehead atoms. The molecule has 2 rings (SSSR count). The van der Waals surface area contributed by atoms with Crippen LogP contribution >= 0.6 is 0 Å². The Morgan fingerprint density at radius 1 is 1.45 bits per heavy atom. The molecule has 2 fully saturated rings. The molecular formula is C13H16O7. The third-order valence-electron chi connectivity index (χ3n) is 3.48. The summed E-state index contributed by atoms with van der Waals surface area (Å²) in [6.45, 7) is 5.69. The van der Waals surface area contributed by atoms with Crippen LogP contribution in [0.1, 0.15) is 26.7 Å². The Balaban J connectivity index is 2.18. The predicted octanol–water partition coefficient (Wildman–Crippen LogP) is 0.0630. The number of aliphatic hydroxyl groups is 1. The second-order valence-electron chi connectivity index (χ2n) is 5.35. The van der Waals surface area contributed by atoms with E-state index in [0.29, 0.717) is 0 Å². The van der Waals surface area contributed by atoms with Gasteiger partial charge in [0.2, 0.25) is 0 Å². The summed E-state index contributed by atoms with van der Waals surface area (Å²) in [6, 6.07) is 0. The van der Waals surface area contributed by atoms with E-state index < -0.39 is 41.8 Å². The first kappa shape index (κ1) is 14.5. The van der Waals surface area contributed by atoms with Gasteiger partial charge in [-0.15, -0.1) is 0 Å². The Morgan fingerprint density at radius 3 is 2.40 bits per heavy atom. The summed E-state index contributed by atoms with van der Waals surface area (Å²) in [5.74, 6) is -4.17. The van der Waals surface area contributed by atoms with Crippen LogP contribution in [0.2, 0.25) is 0 Å². The molecule has 0 aromatic carbocycles. The molecule has 7 nitrogen and oxygen atoms in total. The van der Waals surface area contributed by atoms with E-state index in [4.69, 9.17) is 14.2 Å². The zero-order valence-corrected chi connectivity index (χ0v) is 11.3. The van der Waals surface area contributed by atoms with Crippen molar-refractivity contribution in [2.75, 3.05) is 6.61 Å². The van der Waals surface area contributed by atoms with Crippen molar-refractivity contribution in [3.8, 4) is 0 Å². The first-order valence-electron chi connectivity index (χ1n) is 6.16. The van der Waals surface area contributed by atoms with Gasteiger partial charge in [0.1, 0.15) is 6.61 Å². The summed E-state index contributed by atoms with van der Waals surface area (Å²) in [5, 5.41) is 10.5. The molecule has 1 atom stereocenters. The predicted molar refractivity (Wildman–Crippen MR) is 64.0 cm³/mol. The lowest BCUT2D eigenvalue weighted by Gasteiger charge is -2.38. The van der Waals surface area contributed by atoms with Gasteiger partial charge >= 0.3 is 17.9 Å². The lowest BCUT2D eigenvalue weighted by atomic mass is 9.84. The third kappa shape index (κ3) is 2.18. The average molecular weight is 284 g/mol. The molecule has 2 saturated heterocycles. The van der Waals surface area contributed by atoms with Gasteiger partial charge in [-0.1, -0.05) is 6.58 Å². The van der Waals surface area contributed by atoms with Crippen molar-refractivity contribution in [1.82, 2.24) is 0 Å². The molecule has 0 aromatic heterocycles. The fourth-order valence-electron chi connectivity index (χ4n) is 2.44. The van der Waals surface area contributed by atoms with Gasteiger partial charge in [0, 0.05) is 5.57 Å². The van der Waals surface area contributed by atoms with Crippen LogP contribution < -0.4 is 0 Å². The minimum absolute atomic E-state index is 0.0175. The summed E-state index contributed by atoms with van der Waals surface area (Å²) in [6.07, 6.45) is -0.0351. The summed E-state index contributed by atoms with van der Waals surface area (Å²) in [4.78, 5) is 34.2. The Kier molecular flexibility index (Phi) is 3.33. The molecular weight excluding hydrogens is 268 g/mol. The quantitative estimate of drug-likeness (QED) is 0.575. The molecule has 2 aliphatic rings. The molecule has 20 heavy (non-hydrogen) atoms. The van der Waals surface area contributed by atoms with Gasteiger partial charge in [-0.3, -0.25) is 9.59 Å². The van der Waals surface area contributed by atoms with Gasteiger partial charge in [0.25, 0.3) is 5.79 Å². The lowest BCUT2D eigenvalue weighted by molar-refractivity contribution is -0.281. The molecule has 1 N–H and O–H groups in total. The van der Waals surface area contributed by atoms with Gasteiger partial charge in [-0.2, -0.15) is 0 Å². The summed E-state index contributed by atoms with van der Waals surface area (Å²) in [5.41, 5.74) is -1.66. The zero-order valence-electron chi connectivity index (χ0n) is 11.3. The van der Waals surface area contributed by atoms with Gasteiger partial charge in [0.15, 0.2) is 5.60 Å². The number of esters is 3. The number of fused-ring (bicyclic) bond motifs is 1. The van der Waals surface area contributed by atoms with Crippen molar-refractivity contribution >= 4 is 17.9 Å². The van der Waals surface area contributed by atoms with Crippen LogP contribution in [-0.2, 0) is 28.6 Å². The number of rotatable bonds is 4. The van der Waals surface area contributed by atoms with E-state index >= 15 is 0 Å². The molecule has 7 heteroatoms.